The van der Waals surface area contributed by atoms with Crippen LogP contribution in [0.5, 0.6) is 0 Å². The van der Waals surface area contributed by atoms with Crippen LogP contribution in [0, 0.1) is 0 Å². The summed E-state index contributed by atoms with van der Waals surface area (Å²) in [5.41, 5.74) is 4.65. The number of hydrogen-bond donors (Lipinski definition) is 3. The maximum atomic E-state index is 12.2. The molecule has 0 bridgehead atoms. The first-order chi connectivity index (χ1) is 15.5. The maximum absolute atomic E-state index is 12.2. The van der Waals surface area contributed by atoms with Gasteiger partial charge in [0, 0.05) is 24.9 Å². The van der Waals surface area contributed by atoms with E-state index in [-0.39, 0.29) is 37.3 Å². The number of carbonyl (C=O) groups excluding carboxylic acids is 2. The van der Waals surface area contributed by atoms with E-state index in [0.717, 1.165) is 17.5 Å². The van der Waals surface area contributed by atoms with Gasteiger partial charge in [0.1, 0.15) is 6.61 Å². The Labute approximate surface area is 188 Å². The summed E-state index contributed by atoms with van der Waals surface area (Å²) in [6, 6.07) is 15.9. The lowest BCUT2D eigenvalue weighted by Gasteiger charge is -2.16. The van der Waals surface area contributed by atoms with Crippen LogP contribution in [0.1, 0.15) is 56.1 Å². The molecule has 0 saturated carbocycles. The van der Waals surface area contributed by atoms with Crippen LogP contribution in [0.4, 0.5) is 4.79 Å². The molecule has 170 valence electrons. The molecule has 0 aromatic heterocycles. The van der Waals surface area contributed by atoms with E-state index in [9.17, 15) is 14.4 Å². The lowest BCUT2D eigenvalue weighted by Crippen LogP contribution is -2.36. The number of hydrogen-bond acceptors (Lipinski definition) is 4. The van der Waals surface area contributed by atoms with Crippen molar-refractivity contribution in [1.82, 2.24) is 10.6 Å². The number of aliphatic carboxylic acids is 1. The van der Waals surface area contributed by atoms with Crippen LogP contribution >= 0.6 is 0 Å². The number of ether oxygens (including phenoxy) is 1. The van der Waals surface area contributed by atoms with Crippen LogP contribution < -0.4 is 10.6 Å². The van der Waals surface area contributed by atoms with E-state index < -0.39 is 12.1 Å². The Morgan fingerprint density at radius 2 is 1.66 bits per heavy atom. The molecular formula is C25H30N2O5. The van der Waals surface area contributed by atoms with Crippen LogP contribution in [0.3, 0.4) is 0 Å². The number of carboxylic acid groups (broad SMARTS) is 1. The molecule has 0 spiro atoms. The summed E-state index contributed by atoms with van der Waals surface area (Å²) in [4.78, 5) is 35.1. The van der Waals surface area contributed by atoms with Crippen LogP contribution in [0.2, 0.25) is 0 Å². The Morgan fingerprint density at radius 1 is 1.03 bits per heavy atom. The predicted molar refractivity (Wildman–Crippen MR) is 121 cm³/mol. The van der Waals surface area contributed by atoms with Crippen molar-refractivity contribution in [2.75, 3.05) is 13.2 Å². The summed E-state index contributed by atoms with van der Waals surface area (Å²) < 4.78 is 5.47. The monoisotopic (exact) mass is 438 g/mol. The third-order valence-electron chi connectivity index (χ3n) is 5.62. The molecule has 0 saturated heterocycles. The second-order valence-electron chi connectivity index (χ2n) is 8.01. The number of benzene rings is 2. The molecular weight excluding hydrogens is 408 g/mol. The van der Waals surface area contributed by atoms with E-state index >= 15 is 0 Å². The van der Waals surface area contributed by atoms with E-state index in [1.807, 2.05) is 31.2 Å². The molecule has 7 nitrogen and oxygen atoms in total. The van der Waals surface area contributed by atoms with Crippen molar-refractivity contribution >= 4 is 18.0 Å². The van der Waals surface area contributed by atoms with Gasteiger partial charge in [-0.25, -0.2) is 4.79 Å². The SMILES string of the molecule is CCC[C@@H](CC(=O)O)NC(=O)CCCNC(=O)OCC1c2ccccc2-c2ccccc21. The third kappa shape index (κ3) is 6.09. The molecule has 1 aliphatic carbocycles. The molecule has 0 radical (unpaired) electrons. The molecule has 0 fully saturated rings. The van der Waals surface area contributed by atoms with Gasteiger partial charge in [-0.1, -0.05) is 61.9 Å². The fourth-order valence-corrected chi connectivity index (χ4v) is 4.17. The number of amides is 2. The van der Waals surface area contributed by atoms with Gasteiger partial charge in [0.25, 0.3) is 0 Å². The number of carbonyl (C=O) groups is 3. The fourth-order valence-electron chi connectivity index (χ4n) is 4.17. The first kappa shape index (κ1) is 23.3. The second kappa shape index (κ2) is 11.3. The van der Waals surface area contributed by atoms with Gasteiger partial charge in [-0.3, -0.25) is 9.59 Å². The quantitative estimate of drug-likeness (QED) is 0.459. The van der Waals surface area contributed by atoms with Crippen LogP contribution in [-0.2, 0) is 14.3 Å². The molecule has 2 aromatic carbocycles. The van der Waals surface area contributed by atoms with E-state index in [4.69, 9.17) is 9.84 Å². The highest BCUT2D eigenvalue weighted by atomic mass is 16.5. The second-order valence-corrected chi connectivity index (χ2v) is 8.01. The molecule has 7 heteroatoms. The minimum atomic E-state index is -0.930. The van der Waals surface area contributed by atoms with E-state index in [0.29, 0.717) is 19.4 Å². The first-order valence-corrected chi connectivity index (χ1v) is 11.1. The largest absolute Gasteiger partial charge is 0.481 e. The minimum absolute atomic E-state index is 0.00339. The highest BCUT2D eigenvalue weighted by molar-refractivity contribution is 5.79. The van der Waals surface area contributed by atoms with Crippen LogP contribution in [0.15, 0.2) is 48.5 Å². The number of carboxylic acids is 1. The zero-order valence-corrected chi connectivity index (χ0v) is 18.3. The standard InChI is InChI=1S/C25H30N2O5/c1-2-8-17(15-24(29)30)27-23(28)13-7-14-26-25(31)32-16-22-20-11-5-3-9-18(20)19-10-4-6-12-21(19)22/h3-6,9-12,17,22H,2,7-8,13-16H2,1H3,(H,26,31)(H,27,28)(H,29,30)/t17-/m0/s1. The number of rotatable bonds is 11. The van der Waals surface area contributed by atoms with Gasteiger partial charge < -0.3 is 20.5 Å². The van der Waals surface area contributed by atoms with Crippen molar-refractivity contribution in [1.29, 1.82) is 0 Å². The third-order valence-corrected chi connectivity index (χ3v) is 5.62. The fraction of sp³-hybridized carbons (Fsp3) is 0.400. The van der Waals surface area contributed by atoms with E-state index in [1.54, 1.807) is 0 Å². The Balaban J connectivity index is 1.41. The summed E-state index contributed by atoms with van der Waals surface area (Å²) in [7, 11) is 0. The van der Waals surface area contributed by atoms with Crippen molar-refractivity contribution < 1.29 is 24.2 Å². The molecule has 0 heterocycles. The molecule has 1 atom stereocenters. The molecule has 1 aliphatic rings. The normalized spacial score (nSPS) is 13.0. The summed E-state index contributed by atoms with van der Waals surface area (Å²) in [6.45, 7) is 2.50. The van der Waals surface area contributed by atoms with Crippen LogP contribution in [-0.4, -0.2) is 42.3 Å². The van der Waals surface area contributed by atoms with Crippen molar-refractivity contribution in [2.24, 2.45) is 0 Å². The zero-order chi connectivity index (χ0) is 22.9. The van der Waals surface area contributed by atoms with Gasteiger partial charge in [0.2, 0.25) is 5.91 Å². The Kier molecular flexibility index (Phi) is 8.25. The highest BCUT2D eigenvalue weighted by Gasteiger charge is 2.28. The van der Waals surface area contributed by atoms with Gasteiger partial charge in [-0.15, -0.1) is 0 Å². The molecule has 0 aliphatic heterocycles. The van der Waals surface area contributed by atoms with Gasteiger partial charge in [0.05, 0.1) is 6.42 Å². The lowest BCUT2D eigenvalue weighted by atomic mass is 9.98. The van der Waals surface area contributed by atoms with Gasteiger partial charge in [0.15, 0.2) is 0 Å². The van der Waals surface area contributed by atoms with Crippen molar-refractivity contribution in [3.8, 4) is 11.1 Å². The smallest absolute Gasteiger partial charge is 0.407 e. The molecule has 2 aromatic rings. The van der Waals surface area contributed by atoms with E-state index in [2.05, 4.69) is 34.9 Å². The molecule has 0 unspecified atom stereocenters. The van der Waals surface area contributed by atoms with E-state index in [1.165, 1.54) is 11.1 Å². The van der Waals surface area contributed by atoms with Crippen molar-refractivity contribution in [3.63, 3.8) is 0 Å². The van der Waals surface area contributed by atoms with Crippen molar-refractivity contribution in [3.05, 3.63) is 59.7 Å². The molecule has 32 heavy (non-hydrogen) atoms. The van der Waals surface area contributed by atoms with Gasteiger partial charge in [-0.05, 0) is 35.1 Å². The summed E-state index contributed by atoms with van der Waals surface area (Å²) in [5.74, 6) is -1.14. The topological polar surface area (TPSA) is 105 Å². The van der Waals surface area contributed by atoms with Gasteiger partial charge >= 0.3 is 12.1 Å². The number of alkyl carbamates (subject to hydrolysis) is 1. The minimum Gasteiger partial charge on any atom is -0.481 e. The highest BCUT2D eigenvalue weighted by Crippen LogP contribution is 2.44. The average Bonchev–Trinajstić information content (AvgIpc) is 3.09. The summed E-state index contributed by atoms with van der Waals surface area (Å²) in [6.07, 6.45) is 1.47. The van der Waals surface area contributed by atoms with Crippen LogP contribution in [0.25, 0.3) is 11.1 Å². The van der Waals surface area contributed by atoms with Crippen molar-refractivity contribution in [2.45, 2.75) is 51.0 Å². The first-order valence-electron chi connectivity index (χ1n) is 11.1. The summed E-state index contributed by atoms with van der Waals surface area (Å²) >= 11 is 0. The zero-order valence-electron chi connectivity index (χ0n) is 18.3. The number of fused-ring (bicyclic) bond motifs is 3. The lowest BCUT2D eigenvalue weighted by molar-refractivity contribution is -0.137. The Bertz CT molecular complexity index is 913. The molecule has 2 amide bonds. The molecule has 3 N–H and O–H groups in total. The Hall–Kier alpha value is -3.35. The maximum Gasteiger partial charge on any atom is 0.407 e. The van der Waals surface area contributed by atoms with Gasteiger partial charge in [-0.2, -0.15) is 0 Å². The summed E-state index contributed by atoms with van der Waals surface area (Å²) in [5, 5.41) is 14.4. The average molecular weight is 439 g/mol. The number of nitrogens with one attached hydrogen (secondary N) is 2. The predicted octanol–water partition coefficient (Wildman–Crippen LogP) is 4.06. The Morgan fingerprint density at radius 3 is 2.25 bits per heavy atom. The molecule has 3 rings (SSSR count).